The number of hydrogen-bond acceptors (Lipinski definition) is 4. The zero-order valence-corrected chi connectivity index (χ0v) is 34.6. The number of nitrogens with zero attached hydrogens (tertiary/aromatic N) is 7. The first-order valence-electron chi connectivity index (χ1n) is 21.4. The molecule has 12 aromatic rings. The Bertz CT molecular complexity index is 3190. The summed E-state index contributed by atoms with van der Waals surface area (Å²) in [6, 6.07) is 76.3. The SMILES string of the molecule is c1ccc(-c2nc3ccccn3c2-c2ccc(N(c3ccc(-c4c(-c5ccccc5)nc5ccccn45)cc3)c3ccc(-c4c(-c5ccccc5)nc5ccccn45)cc3)cc2)cc1. The lowest BCUT2D eigenvalue weighted by molar-refractivity contribution is 1.19. The van der Waals surface area contributed by atoms with Crippen LogP contribution in [0.5, 0.6) is 0 Å². The maximum absolute atomic E-state index is 5.10. The van der Waals surface area contributed by atoms with Crippen LogP contribution in [0.4, 0.5) is 17.1 Å². The maximum atomic E-state index is 5.10. The zero-order chi connectivity index (χ0) is 42.4. The van der Waals surface area contributed by atoms with E-state index >= 15 is 0 Å². The van der Waals surface area contributed by atoms with Gasteiger partial charge in [-0.2, -0.15) is 0 Å². The molecule has 0 radical (unpaired) electrons. The summed E-state index contributed by atoms with van der Waals surface area (Å²) in [7, 11) is 0. The summed E-state index contributed by atoms with van der Waals surface area (Å²) in [6.45, 7) is 0. The summed E-state index contributed by atoms with van der Waals surface area (Å²) in [4.78, 5) is 17.6. The van der Waals surface area contributed by atoms with Crippen molar-refractivity contribution in [2.24, 2.45) is 0 Å². The van der Waals surface area contributed by atoms with Gasteiger partial charge in [-0.15, -0.1) is 0 Å². The Kier molecular flexibility index (Phi) is 9.01. The van der Waals surface area contributed by atoms with Gasteiger partial charge in [-0.3, -0.25) is 13.2 Å². The fraction of sp³-hybridized carbons (Fsp3) is 0. The molecule has 12 rings (SSSR count). The molecule has 0 saturated carbocycles. The van der Waals surface area contributed by atoms with Gasteiger partial charge in [-0.1, -0.05) is 146 Å². The van der Waals surface area contributed by atoms with E-state index < -0.39 is 0 Å². The minimum Gasteiger partial charge on any atom is -0.311 e. The standard InChI is InChI=1S/C57H39N7/c1-4-16-40(17-5-1)52-55(61-37-13-10-22-49(61)58-52)43-25-31-46(32-26-43)64(47-33-27-44(28-34-47)56-53(41-18-6-2-7-19-41)59-50-23-11-14-38-62(50)56)48-35-29-45(30-36-48)57-54(42-20-8-3-9-21-42)60-51-24-12-15-39-63(51)57/h1-39H. The van der Waals surface area contributed by atoms with E-state index in [1.807, 2.05) is 36.4 Å². The monoisotopic (exact) mass is 821 g/mol. The van der Waals surface area contributed by atoms with Crippen molar-refractivity contribution in [3.05, 3.63) is 237 Å². The molecule has 6 aromatic heterocycles. The molecule has 0 bridgehead atoms. The van der Waals surface area contributed by atoms with Crippen molar-refractivity contribution in [1.82, 2.24) is 28.2 Å². The summed E-state index contributed by atoms with van der Waals surface area (Å²) in [5.41, 5.74) is 18.3. The van der Waals surface area contributed by atoms with Gasteiger partial charge in [0, 0.05) is 69.0 Å². The fourth-order valence-corrected chi connectivity index (χ4v) is 8.96. The van der Waals surface area contributed by atoms with Gasteiger partial charge in [0.05, 0.1) is 34.2 Å². The predicted molar refractivity (Wildman–Crippen MR) is 260 cm³/mol. The molecule has 7 nitrogen and oxygen atoms in total. The number of fused-ring (bicyclic) bond motifs is 3. The van der Waals surface area contributed by atoms with Gasteiger partial charge >= 0.3 is 0 Å². The lowest BCUT2D eigenvalue weighted by atomic mass is 10.0. The first-order valence-corrected chi connectivity index (χ1v) is 21.4. The van der Waals surface area contributed by atoms with Gasteiger partial charge < -0.3 is 4.90 Å². The molecule has 0 N–H and O–H groups in total. The lowest BCUT2D eigenvalue weighted by Crippen LogP contribution is -2.10. The van der Waals surface area contributed by atoms with E-state index in [2.05, 4.69) is 219 Å². The Hall–Kier alpha value is -8.81. The largest absolute Gasteiger partial charge is 0.311 e. The van der Waals surface area contributed by atoms with E-state index in [-0.39, 0.29) is 0 Å². The number of pyridine rings is 3. The highest BCUT2D eigenvalue weighted by Gasteiger charge is 2.21. The van der Waals surface area contributed by atoms with Gasteiger partial charge in [0.1, 0.15) is 16.9 Å². The van der Waals surface area contributed by atoms with Gasteiger partial charge in [0.2, 0.25) is 0 Å². The summed E-state index contributed by atoms with van der Waals surface area (Å²) in [5.74, 6) is 0. The molecule has 6 aromatic carbocycles. The molecule has 0 saturated heterocycles. The van der Waals surface area contributed by atoms with E-state index in [0.717, 1.165) is 102 Å². The molecule has 7 heteroatoms. The van der Waals surface area contributed by atoms with Crippen LogP contribution >= 0.6 is 0 Å². The van der Waals surface area contributed by atoms with Crippen molar-refractivity contribution < 1.29 is 0 Å². The second-order valence-corrected chi connectivity index (χ2v) is 15.8. The number of hydrogen-bond donors (Lipinski definition) is 0. The van der Waals surface area contributed by atoms with Crippen molar-refractivity contribution in [2.75, 3.05) is 4.90 Å². The Morgan fingerprint density at radius 1 is 0.250 bits per heavy atom. The molecule has 0 fully saturated rings. The smallest absolute Gasteiger partial charge is 0.137 e. The highest BCUT2D eigenvalue weighted by Crippen LogP contribution is 2.41. The number of anilines is 3. The Morgan fingerprint density at radius 3 is 0.797 bits per heavy atom. The first kappa shape index (κ1) is 37.0. The molecular weight excluding hydrogens is 783 g/mol. The second kappa shape index (κ2) is 15.6. The third-order valence-corrected chi connectivity index (χ3v) is 11.9. The molecule has 0 unspecified atom stereocenters. The molecule has 0 spiro atoms. The maximum Gasteiger partial charge on any atom is 0.137 e. The first-order chi connectivity index (χ1) is 31.7. The van der Waals surface area contributed by atoms with Gasteiger partial charge in [0.15, 0.2) is 0 Å². The Balaban J connectivity index is 0.986. The van der Waals surface area contributed by atoms with Crippen LogP contribution < -0.4 is 4.90 Å². The molecule has 0 aliphatic heterocycles. The average Bonchev–Trinajstić information content (AvgIpc) is 4.08. The third-order valence-electron chi connectivity index (χ3n) is 11.9. The number of rotatable bonds is 9. The van der Waals surface area contributed by atoms with Crippen LogP contribution in [0.2, 0.25) is 0 Å². The molecule has 0 aliphatic carbocycles. The van der Waals surface area contributed by atoms with Crippen LogP contribution in [0.25, 0.3) is 84.5 Å². The zero-order valence-electron chi connectivity index (χ0n) is 34.6. The van der Waals surface area contributed by atoms with Gasteiger partial charge in [0.25, 0.3) is 0 Å². The molecule has 0 amide bonds. The molecular formula is C57H39N7. The quantitative estimate of drug-likeness (QED) is 0.146. The lowest BCUT2D eigenvalue weighted by Gasteiger charge is -2.26. The predicted octanol–water partition coefficient (Wildman–Crippen LogP) is 14.1. The van der Waals surface area contributed by atoms with Crippen LogP contribution in [0.3, 0.4) is 0 Å². The summed E-state index contributed by atoms with van der Waals surface area (Å²) >= 11 is 0. The molecule has 302 valence electrons. The van der Waals surface area contributed by atoms with Crippen molar-refractivity contribution in [3.8, 4) is 67.5 Å². The van der Waals surface area contributed by atoms with E-state index in [1.165, 1.54) is 0 Å². The van der Waals surface area contributed by atoms with Crippen LogP contribution in [-0.2, 0) is 0 Å². The summed E-state index contributed by atoms with van der Waals surface area (Å²) in [5, 5.41) is 0. The Morgan fingerprint density at radius 2 is 0.516 bits per heavy atom. The topological polar surface area (TPSA) is 55.1 Å². The van der Waals surface area contributed by atoms with Crippen LogP contribution in [0, 0.1) is 0 Å². The van der Waals surface area contributed by atoms with Gasteiger partial charge in [-0.25, -0.2) is 15.0 Å². The van der Waals surface area contributed by atoms with E-state index in [9.17, 15) is 0 Å². The van der Waals surface area contributed by atoms with E-state index in [1.54, 1.807) is 0 Å². The minimum absolute atomic E-state index is 0.907. The van der Waals surface area contributed by atoms with E-state index in [0.29, 0.717) is 0 Å². The van der Waals surface area contributed by atoms with E-state index in [4.69, 9.17) is 15.0 Å². The molecule has 0 aliphatic rings. The average molecular weight is 822 g/mol. The van der Waals surface area contributed by atoms with Crippen molar-refractivity contribution >= 4 is 34.0 Å². The molecule has 0 atom stereocenters. The van der Waals surface area contributed by atoms with Crippen molar-refractivity contribution in [3.63, 3.8) is 0 Å². The van der Waals surface area contributed by atoms with Crippen LogP contribution in [0.1, 0.15) is 0 Å². The number of aromatic nitrogens is 6. The van der Waals surface area contributed by atoms with Crippen LogP contribution in [0.15, 0.2) is 237 Å². The molecule has 64 heavy (non-hydrogen) atoms. The Labute approximate surface area is 370 Å². The van der Waals surface area contributed by atoms with Crippen LogP contribution in [-0.4, -0.2) is 28.2 Å². The minimum atomic E-state index is 0.907. The highest BCUT2D eigenvalue weighted by atomic mass is 15.1. The number of imidazole rings is 3. The highest BCUT2D eigenvalue weighted by molar-refractivity contribution is 5.88. The molecule has 6 heterocycles. The normalized spacial score (nSPS) is 11.4. The van der Waals surface area contributed by atoms with Crippen molar-refractivity contribution in [1.29, 1.82) is 0 Å². The van der Waals surface area contributed by atoms with Crippen molar-refractivity contribution in [2.45, 2.75) is 0 Å². The summed E-state index contributed by atoms with van der Waals surface area (Å²) in [6.07, 6.45) is 6.27. The third kappa shape index (κ3) is 6.42. The van der Waals surface area contributed by atoms with Gasteiger partial charge in [-0.05, 0) is 72.8 Å². The number of benzene rings is 6. The summed E-state index contributed by atoms with van der Waals surface area (Å²) < 4.78 is 6.54. The second-order valence-electron chi connectivity index (χ2n) is 15.8. The fourth-order valence-electron chi connectivity index (χ4n) is 8.96.